The van der Waals surface area contributed by atoms with E-state index in [9.17, 15) is 20.4 Å². The number of aliphatic hydroxyl groups excluding tert-OH is 2. The summed E-state index contributed by atoms with van der Waals surface area (Å²) in [5.74, 6) is 0.108. The minimum absolute atomic E-state index is 0.0191. The number of aromatic hydroxyl groups is 2. The lowest BCUT2D eigenvalue weighted by molar-refractivity contribution is 0.106. The van der Waals surface area contributed by atoms with Gasteiger partial charge in [0.2, 0.25) is 0 Å². The molecule has 2 atom stereocenters. The number of nitrogens with two attached hydrogens (primary N) is 1. The third-order valence-corrected chi connectivity index (χ3v) is 4.57. The minimum atomic E-state index is -0.704. The maximum absolute atomic E-state index is 10.4. The average molecular weight is 405 g/mol. The Balaban J connectivity index is 1.96. The Morgan fingerprint density at radius 2 is 1.59 bits per heavy atom. The van der Waals surface area contributed by atoms with E-state index in [0.29, 0.717) is 23.2 Å². The Morgan fingerprint density at radius 3 is 2.21 bits per heavy atom. The van der Waals surface area contributed by atoms with Gasteiger partial charge in [-0.25, -0.2) is 0 Å². The summed E-state index contributed by atoms with van der Waals surface area (Å²) >= 11 is 0. The molecule has 0 heterocycles. The van der Waals surface area contributed by atoms with E-state index in [1.54, 1.807) is 30.3 Å². The van der Waals surface area contributed by atoms with Crippen LogP contribution < -0.4 is 11.1 Å². The first-order valence-electron chi connectivity index (χ1n) is 9.61. The molecule has 0 spiro atoms. The first kappa shape index (κ1) is 23.1. The van der Waals surface area contributed by atoms with Crippen molar-refractivity contribution in [2.45, 2.75) is 51.7 Å². The Kier molecular flexibility index (Phi) is 8.01. The van der Waals surface area contributed by atoms with Crippen LogP contribution in [0.2, 0.25) is 0 Å². The summed E-state index contributed by atoms with van der Waals surface area (Å²) < 4.78 is 5.66. The first-order valence-corrected chi connectivity index (χ1v) is 9.61. The Labute approximate surface area is 171 Å². The molecule has 0 aliphatic heterocycles. The fourth-order valence-corrected chi connectivity index (χ4v) is 2.80. The molecule has 2 unspecified atom stereocenters. The van der Waals surface area contributed by atoms with Crippen LogP contribution in [0.15, 0.2) is 36.4 Å². The molecule has 7 heteroatoms. The van der Waals surface area contributed by atoms with Gasteiger partial charge in [0.05, 0.1) is 32.0 Å². The molecule has 0 saturated heterocycles. The topological polar surface area (TPSA) is 128 Å². The second-order valence-corrected chi connectivity index (χ2v) is 8.20. The number of benzene rings is 2. The predicted molar refractivity (Wildman–Crippen MR) is 111 cm³/mol. The van der Waals surface area contributed by atoms with Crippen molar-refractivity contribution in [3.05, 3.63) is 58.7 Å². The van der Waals surface area contributed by atoms with E-state index in [0.717, 1.165) is 5.56 Å². The highest BCUT2D eigenvalue weighted by atomic mass is 16.5. The molecule has 160 valence electrons. The quantitative estimate of drug-likeness (QED) is 0.378. The van der Waals surface area contributed by atoms with Crippen LogP contribution in [-0.2, 0) is 18.0 Å². The second kappa shape index (κ2) is 10.0. The van der Waals surface area contributed by atoms with Gasteiger partial charge in [-0.05, 0) is 56.2 Å². The molecule has 0 saturated carbocycles. The minimum Gasteiger partial charge on any atom is -0.508 e. The van der Waals surface area contributed by atoms with Gasteiger partial charge in [0, 0.05) is 23.2 Å². The van der Waals surface area contributed by atoms with Crippen molar-refractivity contribution in [2.75, 3.05) is 13.2 Å². The van der Waals surface area contributed by atoms with Crippen LogP contribution in [0.5, 0.6) is 11.5 Å². The fraction of sp³-hybridized carbons (Fsp3) is 0.455. The standard InChI is InChI=1S/C22H32N2O5/c1-22(2,3)24-10-21(28)15-5-7-20(27)17(9-15)12-29-13-18(23)14-4-6-19(26)16(8-14)11-25/h4-9,18,21,24-28H,10-13,23H2,1-3H3. The van der Waals surface area contributed by atoms with Gasteiger partial charge in [-0.15, -0.1) is 0 Å². The van der Waals surface area contributed by atoms with E-state index in [-0.39, 0.29) is 36.9 Å². The van der Waals surface area contributed by atoms with Crippen molar-refractivity contribution in [1.82, 2.24) is 5.32 Å². The number of aliphatic hydroxyl groups is 2. The van der Waals surface area contributed by atoms with Crippen LogP contribution in [0.1, 0.15) is 55.2 Å². The molecule has 0 bridgehead atoms. The number of rotatable bonds is 9. The van der Waals surface area contributed by atoms with Crippen LogP contribution in [0, 0.1) is 0 Å². The number of ether oxygens (including phenoxy) is 1. The van der Waals surface area contributed by atoms with Crippen molar-refractivity contribution in [1.29, 1.82) is 0 Å². The number of hydrogen-bond acceptors (Lipinski definition) is 7. The highest BCUT2D eigenvalue weighted by Gasteiger charge is 2.15. The van der Waals surface area contributed by atoms with Gasteiger partial charge in [0.1, 0.15) is 11.5 Å². The number of phenolic OH excluding ortho intramolecular Hbond substituents is 1. The summed E-state index contributed by atoms with van der Waals surface area (Å²) in [6.45, 7) is 6.52. The zero-order valence-electron chi connectivity index (χ0n) is 17.2. The molecule has 0 amide bonds. The molecule has 0 aromatic heterocycles. The normalized spacial score (nSPS) is 14.0. The summed E-state index contributed by atoms with van der Waals surface area (Å²) in [6, 6.07) is 9.31. The third kappa shape index (κ3) is 6.99. The van der Waals surface area contributed by atoms with Crippen LogP contribution in [0.4, 0.5) is 0 Å². The number of hydrogen-bond donors (Lipinski definition) is 6. The van der Waals surface area contributed by atoms with Gasteiger partial charge >= 0.3 is 0 Å². The van der Waals surface area contributed by atoms with Gasteiger partial charge < -0.3 is 36.2 Å². The van der Waals surface area contributed by atoms with E-state index in [4.69, 9.17) is 10.5 Å². The monoisotopic (exact) mass is 404 g/mol. The number of β-amino-alcohol motifs (C(OH)–C–C–N with tert-alkyl or cyclic N) is 1. The highest BCUT2D eigenvalue weighted by molar-refractivity contribution is 5.38. The molecular weight excluding hydrogens is 372 g/mol. The van der Waals surface area contributed by atoms with Crippen molar-refractivity contribution in [3.63, 3.8) is 0 Å². The lowest BCUT2D eigenvalue weighted by atomic mass is 10.0. The molecule has 2 rings (SSSR count). The Hall–Kier alpha value is -2.16. The molecule has 2 aromatic rings. The largest absolute Gasteiger partial charge is 0.508 e. The summed E-state index contributed by atoms with van der Waals surface area (Å²) in [5, 5.41) is 42.6. The van der Waals surface area contributed by atoms with Gasteiger partial charge in [0.25, 0.3) is 0 Å². The van der Waals surface area contributed by atoms with E-state index in [1.807, 2.05) is 20.8 Å². The Bertz CT molecular complexity index is 804. The van der Waals surface area contributed by atoms with Crippen LogP contribution >= 0.6 is 0 Å². The van der Waals surface area contributed by atoms with Crippen LogP contribution in [0.25, 0.3) is 0 Å². The van der Waals surface area contributed by atoms with Crippen molar-refractivity contribution < 1.29 is 25.2 Å². The van der Waals surface area contributed by atoms with Gasteiger partial charge in [-0.1, -0.05) is 12.1 Å². The molecule has 0 aliphatic rings. The van der Waals surface area contributed by atoms with Crippen molar-refractivity contribution in [3.8, 4) is 11.5 Å². The molecule has 0 aliphatic carbocycles. The summed E-state index contributed by atoms with van der Waals surface area (Å²) in [5.41, 5.74) is 8.41. The summed E-state index contributed by atoms with van der Waals surface area (Å²) in [7, 11) is 0. The van der Waals surface area contributed by atoms with E-state index in [1.165, 1.54) is 6.07 Å². The van der Waals surface area contributed by atoms with Gasteiger partial charge in [0.15, 0.2) is 0 Å². The zero-order chi connectivity index (χ0) is 21.6. The van der Waals surface area contributed by atoms with Crippen molar-refractivity contribution in [2.24, 2.45) is 5.73 Å². The van der Waals surface area contributed by atoms with Gasteiger partial charge in [-0.2, -0.15) is 0 Å². The maximum Gasteiger partial charge on any atom is 0.121 e. The first-order chi connectivity index (χ1) is 13.6. The smallest absolute Gasteiger partial charge is 0.121 e. The average Bonchev–Trinajstić information content (AvgIpc) is 2.67. The maximum atomic E-state index is 10.4. The molecule has 0 radical (unpaired) electrons. The zero-order valence-corrected chi connectivity index (χ0v) is 17.2. The molecule has 7 N–H and O–H groups in total. The number of nitrogens with one attached hydrogen (secondary N) is 1. The van der Waals surface area contributed by atoms with Crippen molar-refractivity contribution >= 4 is 0 Å². The predicted octanol–water partition coefficient (Wildman–Crippen LogP) is 2.23. The third-order valence-electron chi connectivity index (χ3n) is 4.57. The molecular formula is C22H32N2O5. The molecule has 7 nitrogen and oxygen atoms in total. The second-order valence-electron chi connectivity index (χ2n) is 8.20. The summed E-state index contributed by atoms with van der Waals surface area (Å²) in [4.78, 5) is 0. The van der Waals surface area contributed by atoms with Crippen LogP contribution in [0.3, 0.4) is 0 Å². The van der Waals surface area contributed by atoms with Crippen LogP contribution in [-0.4, -0.2) is 39.1 Å². The number of phenols is 2. The lowest BCUT2D eigenvalue weighted by Crippen LogP contribution is -2.38. The van der Waals surface area contributed by atoms with Gasteiger partial charge in [-0.3, -0.25) is 0 Å². The molecule has 29 heavy (non-hydrogen) atoms. The van der Waals surface area contributed by atoms with E-state index < -0.39 is 12.1 Å². The summed E-state index contributed by atoms with van der Waals surface area (Å²) in [6.07, 6.45) is -0.704. The Morgan fingerprint density at radius 1 is 1.00 bits per heavy atom. The molecule has 0 fully saturated rings. The molecule has 2 aromatic carbocycles. The fourth-order valence-electron chi connectivity index (χ4n) is 2.80. The lowest BCUT2D eigenvalue weighted by Gasteiger charge is -2.23. The van der Waals surface area contributed by atoms with E-state index >= 15 is 0 Å². The SMILES string of the molecule is CC(C)(C)NCC(O)c1ccc(O)c(COCC(N)c2ccc(O)c(CO)c2)c1. The highest BCUT2D eigenvalue weighted by Crippen LogP contribution is 2.25. The van der Waals surface area contributed by atoms with E-state index in [2.05, 4.69) is 5.32 Å².